The first-order chi connectivity index (χ1) is 10.8. The van der Waals surface area contributed by atoms with Gasteiger partial charge < -0.3 is 14.6 Å². The number of hydrogen-bond acceptors (Lipinski definition) is 3. The molecule has 8 heteroatoms. The summed E-state index contributed by atoms with van der Waals surface area (Å²) >= 11 is 0. The number of halogens is 3. The number of aromatic nitrogens is 1. The zero-order valence-electron chi connectivity index (χ0n) is 12.3. The van der Waals surface area contributed by atoms with Crippen molar-refractivity contribution in [1.82, 2.24) is 4.57 Å². The topological polar surface area (TPSA) is 60.3 Å². The lowest BCUT2D eigenvalue weighted by Crippen LogP contribution is -2.22. The molecule has 0 atom stereocenters. The monoisotopic (exact) mass is 326 g/mol. The van der Waals surface area contributed by atoms with E-state index in [0.717, 1.165) is 0 Å². The van der Waals surface area contributed by atoms with Crippen LogP contribution >= 0.6 is 0 Å². The molecule has 0 bridgehead atoms. The van der Waals surface area contributed by atoms with Crippen LogP contribution in [0.3, 0.4) is 0 Å². The second-order valence-corrected chi connectivity index (χ2v) is 4.78. The fraction of sp³-hybridized carbons (Fsp3) is 0.200. The predicted octanol–water partition coefficient (Wildman–Crippen LogP) is 2.22. The zero-order chi connectivity index (χ0) is 17.1. The van der Waals surface area contributed by atoms with Crippen molar-refractivity contribution in [2.45, 2.75) is 13.5 Å². The highest BCUT2D eigenvalue weighted by molar-refractivity contribution is 5.90. The van der Waals surface area contributed by atoms with Gasteiger partial charge in [0.25, 0.3) is 0 Å². The Hall–Kier alpha value is -2.77. The van der Waals surface area contributed by atoms with E-state index in [-0.39, 0.29) is 23.4 Å². The Morgan fingerprint density at radius 3 is 2.39 bits per heavy atom. The molecule has 1 N–H and O–H groups in total. The van der Waals surface area contributed by atoms with Gasteiger partial charge in [0, 0.05) is 29.6 Å². The first kappa shape index (κ1) is 16.6. The third-order valence-corrected chi connectivity index (χ3v) is 3.11. The van der Waals surface area contributed by atoms with Crippen LogP contribution < -0.4 is 15.5 Å². The quantitative estimate of drug-likeness (QED) is 0.877. The number of anilines is 1. The van der Waals surface area contributed by atoms with Crippen LogP contribution in [0.2, 0.25) is 0 Å². The molecular weight excluding hydrogens is 313 g/mol. The molecule has 0 unspecified atom stereocenters. The maximum atomic E-state index is 13.1. The maximum Gasteiger partial charge on any atom is 0.244 e. The van der Waals surface area contributed by atoms with E-state index in [4.69, 9.17) is 4.74 Å². The van der Waals surface area contributed by atoms with Gasteiger partial charge in [-0.1, -0.05) is 0 Å². The van der Waals surface area contributed by atoms with E-state index in [1.807, 2.05) is 0 Å². The number of nitrogens with zero attached hydrogens (tertiary/aromatic N) is 1. The van der Waals surface area contributed by atoms with Gasteiger partial charge in [0.2, 0.25) is 11.3 Å². The average molecular weight is 326 g/mol. The number of carbonyl (C=O) groups is 1. The summed E-state index contributed by atoms with van der Waals surface area (Å²) in [4.78, 5) is 23.5. The van der Waals surface area contributed by atoms with E-state index in [2.05, 4.69) is 5.32 Å². The standard InChI is InChI=1S/C15H13F3N2O3/c1-8-3-12(21)13(23-2)6-20(8)7-14(22)19-9-4-10(16)15(18)11(17)5-9/h3-6H,7H2,1-2H3,(H,19,22). The molecule has 0 radical (unpaired) electrons. The van der Waals surface area contributed by atoms with Crippen molar-refractivity contribution in [3.05, 3.63) is 57.8 Å². The number of rotatable bonds is 4. The summed E-state index contributed by atoms with van der Waals surface area (Å²) in [5.74, 6) is -4.96. The van der Waals surface area contributed by atoms with E-state index >= 15 is 0 Å². The summed E-state index contributed by atoms with van der Waals surface area (Å²) < 4.78 is 45.4. The van der Waals surface area contributed by atoms with E-state index < -0.39 is 23.4 Å². The lowest BCUT2D eigenvalue weighted by Gasteiger charge is -2.12. The molecule has 23 heavy (non-hydrogen) atoms. The zero-order valence-corrected chi connectivity index (χ0v) is 12.3. The summed E-state index contributed by atoms with van der Waals surface area (Å²) in [6.45, 7) is 1.40. The first-order valence-corrected chi connectivity index (χ1v) is 6.51. The Bertz CT molecular complexity index is 795. The van der Waals surface area contributed by atoms with Crippen molar-refractivity contribution in [3.63, 3.8) is 0 Å². The molecule has 0 saturated heterocycles. The van der Waals surface area contributed by atoms with Gasteiger partial charge in [-0.3, -0.25) is 9.59 Å². The molecule has 1 heterocycles. The number of pyridine rings is 1. The third-order valence-electron chi connectivity index (χ3n) is 3.11. The number of carbonyl (C=O) groups excluding carboxylic acids is 1. The van der Waals surface area contributed by atoms with Gasteiger partial charge in [-0.25, -0.2) is 13.2 Å². The Morgan fingerprint density at radius 2 is 1.83 bits per heavy atom. The second kappa shape index (κ2) is 6.55. The summed E-state index contributed by atoms with van der Waals surface area (Å²) in [6, 6.07) is 2.65. The van der Waals surface area contributed by atoms with Crippen LogP contribution in [0.25, 0.3) is 0 Å². The number of aryl methyl sites for hydroxylation is 1. The average Bonchev–Trinajstić information content (AvgIpc) is 2.47. The van der Waals surface area contributed by atoms with Gasteiger partial charge in [0.05, 0.1) is 13.3 Å². The van der Waals surface area contributed by atoms with E-state index in [1.54, 1.807) is 6.92 Å². The Morgan fingerprint density at radius 1 is 1.22 bits per heavy atom. The van der Waals surface area contributed by atoms with Crippen LogP contribution in [0.1, 0.15) is 5.69 Å². The highest BCUT2D eigenvalue weighted by Crippen LogP contribution is 2.17. The lowest BCUT2D eigenvalue weighted by atomic mass is 10.2. The van der Waals surface area contributed by atoms with Crippen LogP contribution in [0.4, 0.5) is 18.9 Å². The molecule has 1 amide bonds. The van der Waals surface area contributed by atoms with E-state index in [0.29, 0.717) is 17.8 Å². The Balaban J connectivity index is 2.19. The van der Waals surface area contributed by atoms with Crippen molar-refractivity contribution in [2.24, 2.45) is 0 Å². The number of methoxy groups -OCH3 is 1. The van der Waals surface area contributed by atoms with Crippen molar-refractivity contribution >= 4 is 11.6 Å². The predicted molar refractivity (Wildman–Crippen MR) is 76.9 cm³/mol. The van der Waals surface area contributed by atoms with Crippen LogP contribution in [0.15, 0.2) is 29.2 Å². The molecule has 2 aromatic rings. The molecule has 0 fully saturated rings. The summed E-state index contributed by atoms with van der Waals surface area (Å²) in [5.41, 5.74) is -0.0381. The molecule has 0 spiro atoms. The molecule has 1 aromatic heterocycles. The summed E-state index contributed by atoms with van der Waals surface area (Å²) in [6.07, 6.45) is 1.35. The normalized spacial score (nSPS) is 10.5. The Kier molecular flexibility index (Phi) is 4.73. The number of nitrogens with one attached hydrogen (secondary N) is 1. The van der Waals surface area contributed by atoms with Crippen molar-refractivity contribution in [2.75, 3.05) is 12.4 Å². The van der Waals surface area contributed by atoms with E-state index in [9.17, 15) is 22.8 Å². The molecule has 0 aliphatic rings. The van der Waals surface area contributed by atoms with Gasteiger partial charge in [0.1, 0.15) is 6.54 Å². The van der Waals surface area contributed by atoms with Gasteiger partial charge in [-0.15, -0.1) is 0 Å². The number of hydrogen-bond donors (Lipinski definition) is 1. The smallest absolute Gasteiger partial charge is 0.244 e. The van der Waals surface area contributed by atoms with E-state index in [1.165, 1.54) is 23.9 Å². The number of benzene rings is 1. The van der Waals surface area contributed by atoms with Crippen molar-refractivity contribution < 1.29 is 22.7 Å². The second-order valence-electron chi connectivity index (χ2n) is 4.78. The lowest BCUT2D eigenvalue weighted by molar-refractivity contribution is -0.116. The molecule has 0 saturated carbocycles. The Labute approximate surface area is 129 Å². The van der Waals surface area contributed by atoms with Crippen LogP contribution in [-0.2, 0) is 11.3 Å². The summed E-state index contributed by atoms with van der Waals surface area (Å²) in [5, 5.41) is 2.25. The van der Waals surface area contributed by atoms with Crippen molar-refractivity contribution in [3.8, 4) is 5.75 Å². The van der Waals surface area contributed by atoms with Gasteiger partial charge in [-0.05, 0) is 6.92 Å². The molecule has 5 nitrogen and oxygen atoms in total. The minimum absolute atomic E-state index is 0.0577. The maximum absolute atomic E-state index is 13.1. The SMILES string of the molecule is COc1cn(CC(=O)Nc2cc(F)c(F)c(F)c2)c(C)cc1=O. The van der Waals surface area contributed by atoms with Crippen LogP contribution in [0, 0.1) is 24.4 Å². The third kappa shape index (κ3) is 3.71. The van der Waals surface area contributed by atoms with Crippen molar-refractivity contribution in [1.29, 1.82) is 0 Å². The highest BCUT2D eigenvalue weighted by Gasteiger charge is 2.13. The van der Waals surface area contributed by atoms with Gasteiger partial charge in [-0.2, -0.15) is 0 Å². The van der Waals surface area contributed by atoms with Crippen LogP contribution in [0.5, 0.6) is 5.75 Å². The van der Waals surface area contributed by atoms with Gasteiger partial charge in [0.15, 0.2) is 23.2 Å². The van der Waals surface area contributed by atoms with Gasteiger partial charge >= 0.3 is 0 Å². The molecule has 1 aromatic carbocycles. The minimum atomic E-state index is -1.61. The molecule has 0 aliphatic carbocycles. The highest BCUT2D eigenvalue weighted by atomic mass is 19.2. The number of ether oxygens (including phenoxy) is 1. The molecular formula is C15H13F3N2O3. The van der Waals surface area contributed by atoms with Crippen LogP contribution in [-0.4, -0.2) is 17.6 Å². The fourth-order valence-corrected chi connectivity index (χ4v) is 1.96. The minimum Gasteiger partial charge on any atom is -0.491 e. The summed E-state index contributed by atoms with van der Waals surface area (Å²) in [7, 11) is 1.32. The molecule has 122 valence electrons. The first-order valence-electron chi connectivity index (χ1n) is 6.51. The largest absolute Gasteiger partial charge is 0.491 e. The molecule has 0 aliphatic heterocycles. The fourth-order valence-electron chi connectivity index (χ4n) is 1.96. The number of amides is 1. The molecule has 2 rings (SSSR count).